The number of nitrogens with zero attached hydrogens (tertiary/aromatic N) is 3. The summed E-state index contributed by atoms with van der Waals surface area (Å²) in [5.41, 5.74) is 3.00. The van der Waals surface area contributed by atoms with E-state index in [1.165, 1.54) is 0 Å². The van der Waals surface area contributed by atoms with E-state index in [4.69, 9.17) is 15.0 Å². The zero-order valence-corrected chi connectivity index (χ0v) is 19.5. The molecule has 0 bridgehead atoms. The first-order chi connectivity index (χ1) is 17.8. The van der Waals surface area contributed by atoms with Crippen LogP contribution >= 0.6 is 0 Å². The minimum atomic E-state index is 0.674. The number of hydrogen-bond donors (Lipinski definition) is 0. The maximum Gasteiger partial charge on any atom is 0.164 e. The van der Waals surface area contributed by atoms with Crippen molar-refractivity contribution in [1.29, 1.82) is 0 Å². The molecule has 0 saturated heterocycles. The van der Waals surface area contributed by atoms with Crippen LogP contribution in [0.4, 0.5) is 0 Å². The Morgan fingerprint density at radius 3 is 0.889 bits per heavy atom. The van der Waals surface area contributed by atoms with Crippen molar-refractivity contribution in [3.8, 4) is 34.2 Å². The molecule has 1 heterocycles. The number of hydrogen-bond acceptors (Lipinski definition) is 3. The van der Waals surface area contributed by atoms with Crippen LogP contribution in [0.15, 0.2) is 127 Å². The number of aromatic nitrogens is 3. The Morgan fingerprint density at radius 1 is 0.278 bits per heavy atom. The van der Waals surface area contributed by atoms with Gasteiger partial charge in [0.25, 0.3) is 0 Å². The molecule has 0 aliphatic heterocycles. The summed E-state index contributed by atoms with van der Waals surface area (Å²) in [7, 11) is 0. The summed E-state index contributed by atoms with van der Waals surface area (Å²) in [5.74, 6) is 2.02. The van der Waals surface area contributed by atoms with Crippen LogP contribution in [-0.4, -0.2) is 15.0 Å². The minimum absolute atomic E-state index is 0.674. The van der Waals surface area contributed by atoms with Gasteiger partial charge in [0.2, 0.25) is 0 Å². The van der Waals surface area contributed by atoms with Gasteiger partial charge in [0.1, 0.15) is 0 Å². The lowest BCUT2D eigenvalue weighted by Crippen LogP contribution is -2.01. The van der Waals surface area contributed by atoms with E-state index in [1.807, 2.05) is 0 Å². The zero-order valence-electron chi connectivity index (χ0n) is 19.5. The van der Waals surface area contributed by atoms with E-state index in [2.05, 4.69) is 127 Å². The molecule has 7 aromatic rings. The Hall–Kier alpha value is -4.89. The van der Waals surface area contributed by atoms with E-state index in [0.29, 0.717) is 17.5 Å². The van der Waals surface area contributed by atoms with Gasteiger partial charge in [-0.1, -0.05) is 127 Å². The molecule has 0 atom stereocenters. The Kier molecular flexibility index (Phi) is 4.78. The first-order valence-corrected chi connectivity index (χ1v) is 12.1. The Labute approximate surface area is 208 Å². The molecule has 0 aliphatic carbocycles. The largest absolute Gasteiger partial charge is 0.208 e. The predicted molar refractivity (Wildman–Crippen MR) is 149 cm³/mol. The van der Waals surface area contributed by atoms with Crippen LogP contribution in [0.25, 0.3) is 66.5 Å². The number of benzene rings is 6. The predicted octanol–water partition coefficient (Wildman–Crippen LogP) is 8.33. The van der Waals surface area contributed by atoms with Crippen LogP contribution in [0.3, 0.4) is 0 Å². The molecule has 0 spiro atoms. The van der Waals surface area contributed by atoms with Crippen LogP contribution in [0.2, 0.25) is 0 Å². The maximum atomic E-state index is 5.06. The van der Waals surface area contributed by atoms with E-state index in [1.54, 1.807) is 0 Å². The van der Waals surface area contributed by atoms with Crippen molar-refractivity contribution in [2.24, 2.45) is 0 Å². The van der Waals surface area contributed by atoms with Gasteiger partial charge in [-0.25, -0.2) is 15.0 Å². The summed E-state index contributed by atoms with van der Waals surface area (Å²) in [6.45, 7) is 0. The normalized spacial score (nSPS) is 11.3. The molecule has 3 heteroatoms. The van der Waals surface area contributed by atoms with Crippen molar-refractivity contribution in [3.63, 3.8) is 0 Å². The lowest BCUT2D eigenvalue weighted by molar-refractivity contribution is 1.08. The molecule has 7 rings (SSSR count). The smallest absolute Gasteiger partial charge is 0.164 e. The Bertz CT molecular complexity index is 1660. The van der Waals surface area contributed by atoms with E-state index >= 15 is 0 Å². The fourth-order valence-electron chi connectivity index (χ4n) is 5.00. The summed E-state index contributed by atoms with van der Waals surface area (Å²) < 4.78 is 0. The van der Waals surface area contributed by atoms with Crippen LogP contribution in [-0.2, 0) is 0 Å². The van der Waals surface area contributed by atoms with Gasteiger partial charge >= 0.3 is 0 Å². The van der Waals surface area contributed by atoms with Gasteiger partial charge in [0.15, 0.2) is 17.5 Å². The van der Waals surface area contributed by atoms with Gasteiger partial charge in [0, 0.05) is 16.7 Å². The molecule has 0 aliphatic rings. The summed E-state index contributed by atoms with van der Waals surface area (Å²) in [6.07, 6.45) is 0. The SMILES string of the molecule is c1ccc2c(-c3nc(-c4cccc5ccccc45)nc(-c4cccc5ccccc45)n3)cccc2c1. The second-order valence-electron chi connectivity index (χ2n) is 8.89. The van der Waals surface area contributed by atoms with Crippen LogP contribution in [0, 0.1) is 0 Å². The van der Waals surface area contributed by atoms with E-state index in [-0.39, 0.29) is 0 Å². The van der Waals surface area contributed by atoms with Gasteiger partial charge in [-0.2, -0.15) is 0 Å². The van der Waals surface area contributed by atoms with Crippen LogP contribution in [0.5, 0.6) is 0 Å². The standard InChI is InChI=1S/C33H21N3/c1-4-16-25-22(10-1)13-7-19-28(25)31-34-32(29-20-8-14-23-11-2-5-17-26(23)29)36-33(35-31)30-21-9-15-24-12-3-6-18-27(24)30/h1-21H. The summed E-state index contributed by atoms with van der Waals surface area (Å²) >= 11 is 0. The topological polar surface area (TPSA) is 38.7 Å². The highest BCUT2D eigenvalue weighted by Crippen LogP contribution is 2.33. The fraction of sp³-hybridized carbons (Fsp3) is 0. The summed E-state index contributed by atoms with van der Waals surface area (Å²) in [4.78, 5) is 15.2. The third-order valence-corrected chi connectivity index (χ3v) is 6.73. The molecule has 0 amide bonds. The highest BCUT2D eigenvalue weighted by atomic mass is 15.0. The van der Waals surface area contributed by atoms with Crippen LogP contribution in [0.1, 0.15) is 0 Å². The lowest BCUT2D eigenvalue weighted by atomic mass is 10.0. The minimum Gasteiger partial charge on any atom is -0.208 e. The van der Waals surface area contributed by atoms with E-state index < -0.39 is 0 Å². The van der Waals surface area contributed by atoms with E-state index in [0.717, 1.165) is 49.0 Å². The van der Waals surface area contributed by atoms with Crippen molar-refractivity contribution < 1.29 is 0 Å². The third-order valence-electron chi connectivity index (χ3n) is 6.73. The number of rotatable bonds is 3. The highest BCUT2D eigenvalue weighted by Gasteiger charge is 2.16. The molecule has 6 aromatic carbocycles. The number of fused-ring (bicyclic) bond motifs is 3. The third kappa shape index (κ3) is 3.41. The average molecular weight is 460 g/mol. The molecular formula is C33H21N3. The van der Waals surface area contributed by atoms with E-state index in [9.17, 15) is 0 Å². The van der Waals surface area contributed by atoms with Crippen molar-refractivity contribution in [3.05, 3.63) is 127 Å². The van der Waals surface area contributed by atoms with Crippen LogP contribution < -0.4 is 0 Å². The van der Waals surface area contributed by atoms with Gasteiger partial charge in [0.05, 0.1) is 0 Å². The van der Waals surface area contributed by atoms with Crippen molar-refractivity contribution in [2.75, 3.05) is 0 Å². The van der Waals surface area contributed by atoms with Gasteiger partial charge < -0.3 is 0 Å². The Balaban J connectivity index is 1.56. The second kappa shape index (κ2) is 8.40. The Morgan fingerprint density at radius 2 is 0.556 bits per heavy atom. The summed E-state index contributed by atoms with van der Waals surface area (Å²) in [6, 6.07) is 44.0. The molecule has 0 radical (unpaired) electrons. The first-order valence-electron chi connectivity index (χ1n) is 12.1. The van der Waals surface area contributed by atoms with Crippen molar-refractivity contribution >= 4 is 32.3 Å². The zero-order chi connectivity index (χ0) is 23.9. The fourth-order valence-corrected chi connectivity index (χ4v) is 5.00. The molecule has 0 fully saturated rings. The van der Waals surface area contributed by atoms with Gasteiger partial charge in [-0.3, -0.25) is 0 Å². The van der Waals surface area contributed by atoms with Gasteiger partial charge in [-0.05, 0) is 32.3 Å². The highest BCUT2D eigenvalue weighted by molar-refractivity contribution is 5.99. The molecule has 168 valence electrons. The van der Waals surface area contributed by atoms with Crippen molar-refractivity contribution in [1.82, 2.24) is 15.0 Å². The second-order valence-corrected chi connectivity index (χ2v) is 8.89. The quantitative estimate of drug-likeness (QED) is 0.267. The van der Waals surface area contributed by atoms with Gasteiger partial charge in [-0.15, -0.1) is 0 Å². The molecular weight excluding hydrogens is 438 g/mol. The summed E-state index contributed by atoms with van der Waals surface area (Å²) in [5, 5.41) is 6.85. The molecule has 36 heavy (non-hydrogen) atoms. The average Bonchev–Trinajstić information content (AvgIpc) is 2.96. The first kappa shape index (κ1) is 20.5. The van der Waals surface area contributed by atoms with Crippen molar-refractivity contribution in [2.45, 2.75) is 0 Å². The molecule has 0 N–H and O–H groups in total. The molecule has 1 aromatic heterocycles. The molecule has 0 saturated carbocycles. The monoisotopic (exact) mass is 459 g/mol. The molecule has 0 unspecified atom stereocenters. The maximum absolute atomic E-state index is 5.06. The molecule has 3 nitrogen and oxygen atoms in total. The lowest BCUT2D eigenvalue weighted by Gasteiger charge is -2.12.